The highest BCUT2D eigenvalue weighted by Crippen LogP contribution is 2.23. The van der Waals surface area contributed by atoms with E-state index >= 15 is 0 Å². The van der Waals surface area contributed by atoms with Gasteiger partial charge in [-0.1, -0.05) is 49.7 Å². The van der Waals surface area contributed by atoms with Gasteiger partial charge < -0.3 is 15.7 Å². The molecule has 148 valence electrons. The second kappa shape index (κ2) is 8.31. The van der Waals surface area contributed by atoms with Gasteiger partial charge in [0.25, 0.3) is 5.56 Å². The summed E-state index contributed by atoms with van der Waals surface area (Å²) in [5.41, 5.74) is 6.01. The summed E-state index contributed by atoms with van der Waals surface area (Å²) in [7, 11) is 1.68. The number of hydrogen-bond donors (Lipinski definition) is 3. The molecule has 0 aliphatic heterocycles. The summed E-state index contributed by atoms with van der Waals surface area (Å²) in [6.07, 6.45) is 0.861. The Hall–Kier alpha value is -3.06. The SMILES string of the molecule is CCCCn1c(N)c(N(C)CC(O)c2ccc3ccccc3c2)c(=O)[nH]c1=O. The van der Waals surface area contributed by atoms with E-state index in [2.05, 4.69) is 4.98 Å². The smallest absolute Gasteiger partial charge is 0.330 e. The van der Waals surface area contributed by atoms with Crippen molar-refractivity contribution in [2.24, 2.45) is 0 Å². The van der Waals surface area contributed by atoms with Crippen LogP contribution < -0.4 is 21.9 Å². The molecule has 7 nitrogen and oxygen atoms in total. The maximum absolute atomic E-state index is 12.3. The van der Waals surface area contributed by atoms with Crippen LogP contribution in [0, 0.1) is 0 Å². The predicted molar refractivity (Wildman–Crippen MR) is 113 cm³/mol. The summed E-state index contributed by atoms with van der Waals surface area (Å²) in [5.74, 6) is 0.121. The summed E-state index contributed by atoms with van der Waals surface area (Å²) in [6, 6.07) is 13.7. The third-order valence-electron chi connectivity index (χ3n) is 4.94. The van der Waals surface area contributed by atoms with E-state index in [0.717, 1.165) is 29.2 Å². The molecular weight excluding hydrogens is 356 g/mol. The molecular formula is C21H26N4O3. The Kier molecular flexibility index (Phi) is 5.84. The number of rotatable bonds is 7. The van der Waals surface area contributed by atoms with Crippen molar-refractivity contribution in [3.05, 3.63) is 68.9 Å². The number of fused-ring (bicyclic) bond motifs is 1. The zero-order valence-electron chi connectivity index (χ0n) is 16.2. The van der Waals surface area contributed by atoms with E-state index in [0.29, 0.717) is 6.54 Å². The Morgan fingerprint density at radius 1 is 1.18 bits per heavy atom. The minimum absolute atomic E-state index is 0.121. The predicted octanol–water partition coefficient (Wildman–Crippen LogP) is 2.24. The normalized spacial score (nSPS) is 12.2. The highest BCUT2D eigenvalue weighted by molar-refractivity contribution is 5.83. The van der Waals surface area contributed by atoms with E-state index in [1.165, 1.54) is 4.57 Å². The first-order valence-electron chi connectivity index (χ1n) is 9.43. The van der Waals surface area contributed by atoms with Gasteiger partial charge in [0.15, 0.2) is 0 Å². The zero-order chi connectivity index (χ0) is 20.3. The number of nitrogen functional groups attached to an aromatic ring is 1. The van der Waals surface area contributed by atoms with E-state index in [-0.39, 0.29) is 18.1 Å². The van der Waals surface area contributed by atoms with Crippen LogP contribution in [-0.4, -0.2) is 28.3 Å². The summed E-state index contributed by atoms with van der Waals surface area (Å²) in [4.78, 5) is 28.3. The molecule has 0 radical (unpaired) electrons. The van der Waals surface area contributed by atoms with E-state index in [9.17, 15) is 14.7 Å². The second-order valence-electron chi connectivity index (χ2n) is 7.00. The molecule has 3 rings (SSSR count). The third-order valence-corrected chi connectivity index (χ3v) is 4.94. The molecule has 7 heteroatoms. The number of unbranched alkanes of at least 4 members (excludes halogenated alkanes) is 1. The van der Waals surface area contributed by atoms with Gasteiger partial charge >= 0.3 is 5.69 Å². The molecule has 28 heavy (non-hydrogen) atoms. The van der Waals surface area contributed by atoms with Gasteiger partial charge in [0.2, 0.25) is 0 Å². The average Bonchev–Trinajstić information content (AvgIpc) is 2.67. The van der Waals surface area contributed by atoms with Crippen LogP contribution in [0.15, 0.2) is 52.1 Å². The molecule has 3 aromatic rings. The fourth-order valence-electron chi connectivity index (χ4n) is 3.36. The number of aliphatic hydroxyl groups is 1. The molecule has 0 aliphatic rings. The average molecular weight is 382 g/mol. The molecule has 0 saturated heterocycles. The van der Waals surface area contributed by atoms with Crippen molar-refractivity contribution < 1.29 is 5.11 Å². The van der Waals surface area contributed by atoms with Crippen LogP contribution in [-0.2, 0) is 6.54 Å². The van der Waals surface area contributed by atoms with E-state index in [1.54, 1.807) is 11.9 Å². The number of benzene rings is 2. The van der Waals surface area contributed by atoms with Crippen LogP contribution in [0.3, 0.4) is 0 Å². The van der Waals surface area contributed by atoms with Crippen LogP contribution in [0.25, 0.3) is 10.8 Å². The maximum atomic E-state index is 12.3. The summed E-state index contributed by atoms with van der Waals surface area (Å²) < 4.78 is 1.37. The van der Waals surface area contributed by atoms with Gasteiger partial charge in [-0.25, -0.2) is 4.79 Å². The third kappa shape index (κ3) is 3.94. The van der Waals surface area contributed by atoms with Crippen molar-refractivity contribution in [3.63, 3.8) is 0 Å². The van der Waals surface area contributed by atoms with E-state index in [1.807, 2.05) is 49.4 Å². The molecule has 0 bridgehead atoms. The number of hydrogen-bond acceptors (Lipinski definition) is 5. The van der Waals surface area contributed by atoms with Crippen LogP contribution >= 0.6 is 0 Å². The van der Waals surface area contributed by atoms with Crippen LogP contribution in [0.2, 0.25) is 0 Å². The number of nitrogens with zero attached hydrogens (tertiary/aromatic N) is 2. The molecule has 0 fully saturated rings. The Bertz CT molecular complexity index is 1090. The molecule has 2 aromatic carbocycles. The second-order valence-corrected chi connectivity index (χ2v) is 7.00. The fourth-order valence-corrected chi connectivity index (χ4v) is 3.36. The summed E-state index contributed by atoms with van der Waals surface area (Å²) >= 11 is 0. The highest BCUT2D eigenvalue weighted by Gasteiger charge is 2.19. The molecule has 1 aromatic heterocycles. The van der Waals surface area contributed by atoms with E-state index < -0.39 is 17.4 Å². The molecule has 0 saturated carbocycles. The number of nitrogens with two attached hydrogens (primary N) is 1. The van der Waals surface area contributed by atoms with Gasteiger partial charge in [-0.3, -0.25) is 14.3 Å². The van der Waals surface area contributed by atoms with Crippen LogP contribution in [0.5, 0.6) is 0 Å². The first-order chi connectivity index (χ1) is 13.4. The number of H-pyrrole nitrogens is 1. The van der Waals surface area contributed by atoms with Gasteiger partial charge in [0.1, 0.15) is 11.5 Å². The monoisotopic (exact) mass is 382 g/mol. The Balaban J connectivity index is 1.88. The van der Waals surface area contributed by atoms with Crippen molar-refractivity contribution >= 4 is 22.3 Å². The van der Waals surface area contributed by atoms with Crippen molar-refractivity contribution in [1.29, 1.82) is 0 Å². The molecule has 0 aliphatic carbocycles. The van der Waals surface area contributed by atoms with Gasteiger partial charge in [-0.15, -0.1) is 0 Å². The Labute approximate surface area is 163 Å². The minimum Gasteiger partial charge on any atom is -0.387 e. The molecule has 4 N–H and O–H groups in total. The van der Waals surface area contributed by atoms with Crippen molar-refractivity contribution in [3.8, 4) is 0 Å². The van der Waals surface area contributed by atoms with E-state index in [4.69, 9.17) is 5.73 Å². The molecule has 0 amide bonds. The van der Waals surface area contributed by atoms with Crippen molar-refractivity contribution in [1.82, 2.24) is 9.55 Å². The standard InChI is InChI=1S/C21H26N4O3/c1-3-4-11-25-19(22)18(20(27)23-21(25)28)24(2)13-17(26)16-10-9-14-7-5-6-8-15(14)12-16/h5-10,12,17,26H,3-4,11,13,22H2,1-2H3,(H,23,27,28). The Morgan fingerprint density at radius 2 is 1.89 bits per heavy atom. The highest BCUT2D eigenvalue weighted by atomic mass is 16.3. The van der Waals surface area contributed by atoms with Gasteiger partial charge in [-0.2, -0.15) is 0 Å². The molecule has 1 heterocycles. The lowest BCUT2D eigenvalue weighted by Crippen LogP contribution is -2.38. The number of anilines is 2. The zero-order valence-corrected chi connectivity index (χ0v) is 16.2. The minimum atomic E-state index is -0.815. The van der Waals surface area contributed by atoms with Gasteiger partial charge in [-0.05, 0) is 28.8 Å². The molecule has 0 spiro atoms. The fraction of sp³-hybridized carbons (Fsp3) is 0.333. The van der Waals surface area contributed by atoms with Crippen molar-refractivity contribution in [2.45, 2.75) is 32.4 Å². The first kappa shape index (κ1) is 19.7. The lowest BCUT2D eigenvalue weighted by molar-refractivity contribution is 0.185. The topological polar surface area (TPSA) is 104 Å². The number of likely N-dealkylation sites (N-methyl/N-ethyl adjacent to an activating group) is 1. The molecule has 1 atom stereocenters. The lowest BCUT2D eigenvalue weighted by Gasteiger charge is -2.24. The largest absolute Gasteiger partial charge is 0.387 e. The maximum Gasteiger partial charge on any atom is 0.330 e. The molecule has 1 unspecified atom stereocenters. The van der Waals surface area contributed by atoms with Gasteiger partial charge in [0, 0.05) is 20.1 Å². The van der Waals surface area contributed by atoms with Crippen LogP contribution in [0.1, 0.15) is 31.4 Å². The quantitative estimate of drug-likeness (QED) is 0.581. The number of aliphatic hydroxyl groups excluding tert-OH is 1. The summed E-state index contributed by atoms with van der Waals surface area (Å²) in [5, 5.41) is 12.8. The number of aromatic amines is 1. The number of nitrogens with one attached hydrogen (secondary N) is 1. The van der Waals surface area contributed by atoms with Crippen LogP contribution in [0.4, 0.5) is 11.5 Å². The summed E-state index contributed by atoms with van der Waals surface area (Å²) in [6.45, 7) is 2.61. The van der Waals surface area contributed by atoms with Crippen molar-refractivity contribution in [2.75, 3.05) is 24.2 Å². The first-order valence-corrected chi connectivity index (χ1v) is 9.43. The Morgan fingerprint density at radius 3 is 2.61 bits per heavy atom. The van der Waals surface area contributed by atoms with Gasteiger partial charge in [0.05, 0.1) is 6.10 Å². The number of aromatic nitrogens is 2. The lowest BCUT2D eigenvalue weighted by atomic mass is 10.0.